The number of halogens is 1. The Morgan fingerprint density at radius 3 is 2.79 bits per heavy atom. The first-order chi connectivity index (χ1) is 9.15. The molecule has 1 fully saturated rings. The van der Waals surface area contributed by atoms with Crippen LogP contribution in [0.5, 0.6) is 0 Å². The van der Waals surface area contributed by atoms with Gasteiger partial charge in [0.1, 0.15) is 5.82 Å². The van der Waals surface area contributed by atoms with Gasteiger partial charge >= 0.3 is 0 Å². The first-order valence-corrected chi connectivity index (χ1v) is 7.61. The van der Waals surface area contributed by atoms with Crippen molar-refractivity contribution in [1.29, 1.82) is 0 Å². The quantitative estimate of drug-likeness (QED) is 0.659. The third-order valence-corrected chi connectivity index (χ3v) is 4.39. The van der Waals surface area contributed by atoms with E-state index in [0.717, 1.165) is 17.7 Å². The number of nitrogens with one attached hydrogen (secondary N) is 1. The molecule has 1 aromatic carbocycles. The summed E-state index contributed by atoms with van der Waals surface area (Å²) in [5.74, 6) is 0.000849. The topological polar surface area (TPSA) is 55.1 Å². The van der Waals surface area contributed by atoms with Crippen molar-refractivity contribution in [2.45, 2.75) is 43.0 Å². The predicted octanol–water partition coefficient (Wildman–Crippen LogP) is 2.95. The summed E-state index contributed by atoms with van der Waals surface area (Å²) in [6, 6.07) is 4.58. The number of carbonyl (C=O) groups is 1. The molecule has 5 heteroatoms. The number of anilines is 1. The molecule has 3 N–H and O–H groups in total. The predicted molar refractivity (Wildman–Crippen MR) is 76.6 cm³/mol. The second kappa shape index (κ2) is 6.80. The van der Waals surface area contributed by atoms with Crippen molar-refractivity contribution in [3.63, 3.8) is 0 Å². The molecule has 0 heterocycles. The van der Waals surface area contributed by atoms with E-state index in [2.05, 4.69) is 5.32 Å². The van der Waals surface area contributed by atoms with Gasteiger partial charge in [-0.3, -0.25) is 4.79 Å². The van der Waals surface area contributed by atoms with E-state index in [4.69, 9.17) is 5.73 Å². The molecule has 0 bridgehead atoms. The number of hydrogen-bond donors (Lipinski definition) is 2. The Kier molecular flexibility index (Phi) is 5.07. The van der Waals surface area contributed by atoms with Crippen LogP contribution in [-0.2, 0) is 4.79 Å². The molecule has 3 nitrogen and oxygen atoms in total. The van der Waals surface area contributed by atoms with E-state index in [9.17, 15) is 9.18 Å². The summed E-state index contributed by atoms with van der Waals surface area (Å²) < 4.78 is 12.9. The smallest absolute Gasteiger partial charge is 0.230 e. The molecular weight excluding hydrogens is 263 g/mol. The van der Waals surface area contributed by atoms with Gasteiger partial charge in [0.15, 0.2) is 0 Å². The highest BCUT2D eigenvalue weighted by Crippen LogP contribution is 2.25. The van der Waals surface area contributed by atoms with Crippen LogP contribution in [0, 0.1) is 5.82 Å². The Morgan fingerprint density at radius 1 is 1.37 bits per heavy atom. The van der Waals surface area contributed by atoms with Crippen LogP contribution >= 0.6 is 11.8 Å². The molecular formula is C14H19FN2OS. The minimum Gasteiger partial charge on any atom is -0.398 e. The molecule has 0 radical (unpaired) electrons. The highest BCUT2D eigenvalue weighted by atomic mass is 32.2. The number of hydrogen-bond acceptors (Lipinski definition) is 3. The lowest BCUT2D eigenvalue weighted by molar-refractivity contribution is -0.119. The van der Waals surface area contributed by atoms with Crippen LogP contribution in [0.3, 0.4) is 0 Å². The van der Waals surface area contributed by atoms with Crippen molar-refractivity contribution >= 4 is 23.4 Å². The molecule has 1 amide bonds. The normalized spacial score (nSPS) is 16.3. The molecule has 0 unspecified atom stereocenters. The summed E-state index contributed by atoms with van der Waals surface area (Å²) in [6.07, 6.45) is 5.82. The first kappa shape index (κ1) is 14.2. The third-order valence-electron chi connectivity index (χ3n) is 3.30. The van der Waals surface area contributed by atoms with Crippen LogP contribution in [0.15, 0.2) is 23.1 Å². The SMILES string of the molecule is Nc1cc(F)ccc1SCC(=O)NC1CCCCC1. The Bertz CT molecular complexity index is 447. The van der Waals surface area contributed by atoms with Gasteiger partial charge in [0.25, 0.3) is 0 Å². The van der Waals surface area contributed by atoms with Crippen LogP contribution < -0.4 is 11.1 Å². The highest BCUT2D eigenvalue weighted by Gasteiger charge is 2.15. The average Bonchev–Trinajstić information content (AvgIpc) is 2.39. The van der Waals surface area contributed by atoms with E-state index in [1.807, 2.05) is 0 Å². The number of rotatable bonds is 4. The standard InChI is InChI=1S/C14H19FN2OS/c15-10-6-7-13(12(16)8-10)19-9-14(18)17-11-4-2-1-3-5-11/h6-8,11H,1-5,9,16H2,(H,17,18). The van der Waals surface area contributed by atoms with Gasteiger partial charge in [-0.15, -0.1) is 11.8 Å². The molecule has 0 atom stereocenters. The van der Waals surface area contributed by atoms with Gasteiger partial charge in [-0.25, -0.2) is 4.39 Å². The fourth-order valence-electron chi connectivity index (χ4n) is 2.31. The van der Waals surface area contributed by atoms with E-state index >= 15 is 0 Å². The van der Waals surface area contributed by atoms with Crippen LogP contribution in [0.1, 0.15) is 32.1 Å². The number of nitrogen functional groups attached to an aromatic ring is 1. The minimum absolute atomic E-state index is 0.0284. The first-order valence-electron chi connectivity index (χ1n) is 6.62. The zero-order valence-electron chi connectivity index (χ0n) is 10.8. The summed E-state index contributed by atoms with van der Waals surface area (Å²) in [5.41, 5.74) is 6.08. The van der Waals surface area contributed by atoms with Crippen molar-refractivity contribution in [2.75, 3.05) is 11.5 Å². The summed E-state index contributed by atoms with van der Waals surface area (Å²) in [6.45, 7) is 0. The van der Waals surface area contributed by atoms with Gasteiger partial charge in [-0.05, 0) is 31.0 Å². The second-order valence-corrected chi connectivity index (χ2v) is 5.89. The van der Waals surface area contributed by atoms with Crippen molar-refractivity contribution in [1.82, 2.24) is 5.32 Å². The van der Waals surface area contributed by atoms with Crippen LogP contribution in [0.2, 0.25) is 0 Å². The number of carbonyl (C=O) groups excluding carboxylic acids is 1. The molecule has 0 aromatic heterocycles. The van der Waals surface area contributed by atoms with Crippen LogP contribution in [0.25, 0.3) is 0 Å². The second-order valence-electron chi connectivity index (χ2n) is 4.87. The zero-order chi connectivity index (χ0) is 13.7. The minimum atomic E-state index is -0.353. The average molecular weight is 282 g/mol. The van der Waals surface area contributed by atoms with Gasteiger partial charge in [0.05, 0.1) is 5.75 Å². The fourth-order valence-corrected chi connectivity index (χ4v) is 3.07. The maximum Gasteiger partial charge on any atom is 0.230 e. The van der Waals surface area contributed by atoms with Gasteiger partial charge < -0.3 is 11.1 Å². The summed E-state index contributed by atoms with van der Waals surface area (Å²) >= 11 is 1.35. The molecule has 0 spiro atoms. The molecule has 1 saturated carbocycles. The van der Waals surface area contributed by atoms with Crippen LogP contribution in [-0.4, -0.2) is 17.7 Å². The molecule has 19 heavy (non-hydrogen) atoms. The Balaban J connectivity index is 1.79. The monoisotopic (exact) mass is 282 g/mol. The van der Waals surface area contributed by atoms with Crippen molar-refractivity contribution in [3.8, 4) is 0 Å². The number of thioether (sulfide) groups is 1. The number of nitrogens with two attached hydrogens (primary N) is 1. The van der Waals surface area contributed by atoms with Crippen LogP contribution in [0.4, 0.5) is 10.1 Å². The molecule has 1 aliphatic rings. The highest BCUT2D eigenvalue weighted by molar-refractivity contribution is 8.00. The molecule has 0 saturated heterocycles. The Hall–Kier alpha value is -1.23. The van der Waals surface area contributed by atoms with E-state index in [-0.39, 0.29) is 11.7 Å². The number of benzene rings is 1. The zero-order valence-corrected chi connectivity index (χ0v) is 11.6. The summed E-state index contributed by atoms with van der Waals surface area (Å²) in [5, 5.41) is 3.05. The third kappa shape index (κ3) is 4.42. The van der Waals surface area contributed by atoms with E-state index in [1.165, 1.54) is 43.2 Å². The van der Waals surface area contributed by atoms with Gasteiger partial charge in [0, 0.05) is 16.6 Å². The largest absolute Gasteiger partial charge is 0.398 e. The molecule has 1 aliphatic carbocycles. The lowest BCUT2D eigenvalue weighted by atomic mass is 9.95. The molecule has 104 valence electrons. The molecule has 1 aromatic rings. The summed E-state index contributed by atoms with van der Waals surface area (Å²) in [4.78, 5) is 12.6. The van der Waals surface area contributed by atoms with Gasteiger partial charge in [-0.2, -0.15) is 0 Å². The van der Waals surface area contributed by atoms with Gasteiger partial charge in [-0.1, -0.05) is 19.3 Å². The van der Waals surface area contributed by atoms with Crippen molar-refractivity contribution < 1.29 is 9.18 Å². The summed E-state index contributed by atoms with van der Waals surface area (Å²) in [7, 11) is 0. The Morgan fingerprint density at radius 2 is 2.11 bits per heavy atom. The Labute approximate surface area is 117 Å². The van der Waals surface area contributed by atoms with E-state index < -0.39 is 0 Å². The number of amides is 1. The molecule has 0 aliphatic heterocycles. The van der Waals surface area contributed by atoms with Crippen molar-refractivity contribution in [3.05, 3.63) is 24.0 Å². The fraction of sp³-hybridized carbons (Fsp3) is 0.500. The lowest BCUT2D eigenvalue weighted by Gasteiger charge is -2.22. The lowest BCUT2D eigenvalue weighted by Crippen LogP contribution is -2.37. The van der Waals surface area contributed by atoms with E-state index in [1.54, 1.807) is 6.07 Å². The van der Waals surface area contributed by atoms with Crippen molar-refractivity contribution in [2.24, 2.45) is 0 Å². The van der Waals surface area contributed by atoms with Gasteiger partial charge in [0.2, 0.25) is 5.91 Å². The van der Waals surface area contributed by atoms with E-state index in [0.29, 0.717) is 17.5 Å². The maximum atomic E-state index is 12.9. The maximum absolute atomic E-state index is 12.9. The molecule has 2 rings (SSSR count).